The third-order valence-corrected chi connectivity index (χ3v) is 2.08. The highest BCUT2D eigenvalue weighted by Gasteiger charge is 2.02. The Morgan fingerprint density at radius 1 is 1.42 bits per heavy atom. The standard InChI is InChI=1S/C9H10FNS/c1-11(2)9(12)7-4-3-5-8(10)6-7/h3-6H,1-2H3. The van der Waals surface area contributed by atoms with Crippen LogP contribution in [-0.4, -0.2) is 24.0 Å². The van der Waals surface area contributed by atoms with Crippen LogP contribution in [0.1, 0.15) is 5.56 Å². The minimum Gasteiger partial charge on any atom is -0.368 e. The molecule has 0 saturated heterocycles. The molecule has 12 heavy (non-hydrogen) atoms. The first-order valence-corrected chi connectivity index (χ1v) is 3.99. The van der Waals surface area contributed by atoms with E-state index in [1.165, 1.54) is 12.1 Å². The van der Waals surface area contributed by atoms with Gasteiger partial charge in [-0.15, -0.1) is 0 Å². The second-order valence-corrected chi connectivity index (χ2v) is 3.10. The highest BCUT2D eigenvalue weighted by atomic mass is 32.1. The van der Waals surface area contributed by atoms with Crippen LogP contribution in [-0.2, 0) is 0 Å². The summed E-state index contributed by atoms with van der Waals surface area (Å²) in [7, 11) is 3.68. The summed E-state index contributed by atoms with van der Waals surface area (Å²) in [5, 5.41) is 0. The number of benzene rings is 1. The van der Waals surface area contributed by atoms with Crippen LogP contribution in [0.4, 0.5) is 4.39 Å². The fourth-order valence-electron chi connectivity index (χ4n) is 0.880. The quantitative estimate of drug-likeness (QED) is 0.613. The molecular formula is C9H10FNS. The molecule has 0 spiro atoms. The van der Waals surface area contributed by atoms with Gasteiger partial charge in [0.1, 0.15) is 10.8 Å². The smallest absolute Gasteiger partial charge is 0.123 e. The lowest BCUT2D eigenvalue weighted by Gasteiger charge is -2.13. The van der Waals surface area contributed by atoms with Crippen LogP contribution in [0.3, 0.4) is 0 Å². The Morgan fingerprint density at radius 3 is 2.58 bits per heavy atom. The predicted octanol–water partition coefficient (Wildman–Crippen LogP) is 2.06. The van der Waals surface area contributed by atoms with E-state index in [4.69, 9.17) is 12.2 Å². The summed E-state index contributed by atoms with van der Waals surface area (Å²) < 4.78 is 12.7. The van der Waals surface area contributed by atoms with Crippen molar-refractivity contribution in [2.24, 2.45) is 0 Å². The van der Waals surface area contributed by atoms with Crippen molar-refractivity contribution in [1.82, 2.24) is 4.90 Å². The number of rotatable bonds is 1. The second-order valence-electron chi connectivity index (χ2n) is 2.71. The van der Waals surface area contributed by atoms with Gasteiger partial charge in [0.05, 0.1) is 0 Å². The lowest BCUT2D eigenvalue weighted by Crippen LogP contribution is -2.20. The van der Waals surface area contributed by atoms with Gasteiger partial charge in [-0.3, -0.25) is 0 Å². The van der Waals surface area contributed by atoms with Gasteiger partial charge in [-0.25, -0.2) is 4.39 Å². The largest absolute Gasteiger partial charge is 0.368 e. The van der Waals surface area contributed by atoms with Crippen LogP contribution in [0.15, 0.2) is 24.3 Å². The zero-order valence-electron chi connectivity index (χ0n) is 7.04. The summed E-state index contributed by atoms with van der Waals surface area (Å²) in [5.74, 6) is -0.253. The lowest BCUT2D eigenvalue weighted by atomic mass is 10.2. The molecule has 0 unspecified atom stereocenters. The molecule has 1 aromatic rings. The van der Waals surface area contributed by atoms with Crippen LogP contribution in [0.25, 0.3) is 0 Å². The number of halogens is 1. The summed E-state index contributed by atoms with van der Waals surface area (Å²) in [6.07, 6.45) is 0. The third-order valence-electron chi connectivity index (χ3n) is 1.48. The van der Waals surface area contributed by atoms with Gasteiger partial charge in [-0.05, 0) is 12.1 Å². The SMILES string of the molecule is CN(C)C(=S)c1cccc(F)c1. The molecule has 0 atom stereocenters. The second kappa shape index (κ2) is 3.63. The van der Waals surface area contributed by atoms with Crippen LogP contribution in [0, 0.1) is 5.82 Å². The predicted molar refractivity (Wildman–Crippen MR) is 51.8 cm³/mol. The lowest BCUT2D eigenvalue weighted by molar-refractivity contribution is 0.621. The topological polar surface area (TPSA) is 3.24 Å². The summed E-state index contributed by atoms with van der Waals surface area (Å²) >= 11 is 5.06. The van der Waals surface area contributed by atoms with E-state index in [-0.39, 0.29) is 5.82 Å². The van der Waals surface area contributed by atoms with Gasteiger partial charge in [-0.2, -0.15) is 0 Å². The van der Waals surface area contributed by atoms with Crippen LogP contribution < -0.4 is 0 Å². The molecule has 0 bridgehead atoms. The van der Waals surface area contributed by atoms with E-state index < -0.39 is 0 Å². The fraction of sp³-hybridized carbons (Fsp3) is 0.222. The van der Waals surface area contributed by atoms with Crippen molar-refractivity contribution in [1.29, 1.82) is 0 Å². The maximum atomic E-state index is 12.7. The van der Waals surface area contributed by atoms with Crippen molar-refractivity contribution in [3.8, 4) is 0 Å². The molecule has 0 fully saturated rings. The van der Waals surface area contributed by atoms with Gasteiger partial charge in [0.15, 0.2) is 0 Å². The first kappa shape index (κ1) is 9.13. The molecule has 1 nitrogen and oxygen atoms in total. The molecule has 0 aromatic heterocycles. The van der Waals surface area contributed by atoms with Crippen LogP contribution in [0.2, 0.25) is 0 Å². The molecule has 1 rings (SSSR count). The van der Waals surface area contributed by atoms with Crippen LogP contribution >= 0.6 is 12.2 Å². The number of hydrogen-bond donors (Lipinski definition) is 0. The van der Waals surface area contributed by atoms with Gasteiger partial charge in [-0.1, -0.05) is 24.4 Å². The number of hydrogen-bond acceptors (Lipinski definition) is 1. The summed E-state index contributed by atoms with van der Waals surface area (Å²) in [5.41, 5.74) is 0.745. The molecule has 0 aliphatic rings. The maximum Gasteiger partial charge on any atom is 0.123 e. The Hall–Kier alpha value is -0.960. The zero-order valence-corrected chi connectivity index (χ0v) is 7.86. The summed E-state index contributed by atoms with van der Waals surface area (Å²) in [6.45, 7) is 0. The molecule has 0 saturated carbocycles. The van der Waals surface area contributed by atoms with Crippen molar-refractivity contribution in [3.63, 3.8) is 0 Å². The van der Waals surface area contributed by atoms with Crippen molar-refractivity contribution in [2.45, 2.75) is 0 Å². The van der Waals surface area contributed by atoms with E-state index in [0.717, 1.165) is 5.56 Å². The van der Waals surface area contributed by atoms with Gasteiger partial charge >= 0.3 is 0 Å². The summed E-state index contributed by atoms with van der Waals surface area (Å²) in [4.78, 5) is 2.43. The Balaban J connectivity index is 2.96. The average molecular weight is 183 g/mol. The van der Waals surface area contributed by atoms with Crippen molar-refractivity contribution < 1.29 is 4.39 Å². The van der Waals surface area contributed by atoms with Crippen molar-refractivity contribution in [3.05, 3.63) is 35.6 Å². The maximum absolute atomic E-state index is 12.7. The van der Waals surface area contributed by atoms with E-state index in [1.54, 1.807) is 17.0 Å². The zero-order chi connectivity index (χ0) is 9.14. The molecule has 1 aromatic carbocycles. The van der Waals surface area contributed by atoms with E-state index >= 15 is 0 Å². The highest BCUT2D eigenvalue weighted by Crippen LogP contribution is 2.06. The molecule has 64 valence electrons. The molecule has 0 aliphatic heterocycles. The van der Waals surface area contributed by atoms with Crippen molar-refractivity contribution in [2.75, 3.05) is 14.1 Å². The van der Waals surface area contributed by atoms with E-state index in [2.05, 4.69) is 0 Å². The Morgan fingerprint density at radius 2 is 2.08 bits per heavy atom. The minimum absolute atomic E-state index is 0.253. The molecule has 0 radical (unpaired) electrons. The Bertz CT molecular complexity index is 296. The van der Waals surface area contributed by atoms with Gasteiger partial charge in [0, 0.05) is 19.7 Å². The van der Waals surface area contributed by atoms with Gasteiger partial charge < -0.3 is 4.90 Å². The molecule has 0 aliphatic carbocycles. The number of nitrogens with zero attached hydrogens (tertiary/aromatic N) is 1. The van der Waals surface area contributed by atoms with E-state index in [0.29, 0.717) is 4.99 Å². The van der Waals surface area contributed by atoms with Gasteiger partial charge in [0.2, 0.25) is 0 Å². The van der Waals surface area contributed by atoms with E-state index in [1.807, 2.05) is 14.1 Å². The molecule has 0 heterocycles. The first-order valence-electron chi connectivity index (χ1n) is 3.58. The number of thiocarbonyl (C=S) groups is 1. The molecule has 0 N–H and O–H groups in total. The molecular weight excluding hydrogens is 173 g/mol. The fourth-order valence-corrected chi connectivity index (χ4v) is 1.01. The van der Waals surface area contributed by atoms with Crippen LogP contribution in [0.5, 0.6) is 0 Å². The highest BCUT2D eigenvalue weighted by molar-refractivity contribution is 7.80. The Kier molecular flexibility index (Phi) is 2.76. The normalized spacial score (nSPS) is 9.58. The average Bonchev–Trinajstić information content (AvgIpc) is 2.03. The molecule has 3 heteroatoms. The van der Waals surface area contributed by atoms with Gasteiger partial charge in [0.25, 0.3) is 0 Å². The monoisotopic (exact) mass is 183 g/mol. The Labute approximate surface area is 76.8 Å². The molecule has 0 amide bonds. The minimum atomic E-state index is -0.253. The van der Waals surface area contributed by atoms with E-state index in [9.17, 15) is 4.39 Å². The summed E-state index contributed by atoms with van der Waals surface area (Å²) in [6, 6.07) is 6.29. The third kappa shape index (κ3) is 2.01. The van der Waals surface area contributed by atoms with Crippen molar-refractivity contribution >= 4 is 17.2 Å². The first-order chi connectivity index (χ1) is 5.61.